The summed E-state index contributed by atoms with van der Waals surface area (Å²) >= 11 is 0. The lowest BCUT2D eigenvalue weighted by Gasteiger charge is -2.19. The van der Waals surface area contributed by atoms with Crippen LogP contribution >= 0.6 is 0 Å². The summed E-state index contributed by atoms with van der Waals surface area (Å²) in [4.78, 5) is 25.2. The van der Waals surface area contributed by atoms with Gasteiger partial charge in [-0.1, -0.05) is 0 Å². The zero-order valence-electron chi connectivity index (χ0n) is 14.9. The van der Waals surface area contributed by atoms with Crippen LogP contribution in [0.3, 0.4) is 0 Å². The van der Waals surface area contributed by atoms with Crippen molar-refractivity contribution in [2.75, 3.05) is 31.1 Å². The number of carbonyl (C=O) groups excluding carboxylic acids is 2. The summed E-state index contributed by atoms with van der Waals surface area (Å²) in [6, 6.07) is 3.77. The zero-order valence-corrected chi connectivity index (χ0v) is 14.9. The Hall–Kier alpha value is -2.71. The van der Waals surface area contributed by atoms with Crippen LogP contribution in [0.2, 0.25) is 0 Å². The normalized spacial score (nSPS) is 10.7. The SMILES string of the molecule is CCOC(=O)CNC(=O)CCc1nnc2ccc(N(CC)CC)nn12. The maximum absolute atomic E-state index is 11.8. The molecule has 0 saturated heterocycles. The lowest BCUT2D eigenvalue weighted by molar-refractivity contribution is -0.143. The van der Waals surface area contributed by atoms with Crippen LogP contribution in [0.25, 0.3) is 5.65 Å². The van der Waals surface area contributed by atoms with Crippen molar-refractivity contribution in [3.05, 3.63) is 18.0 Å². The third-order valence-corrected chi connectivity index (χ3v) is 3.71. The van der Waals surface area contributed by atoms with Crippen LogP contribution in [0.15, 0.2) is 12.1 Å². The molecular weight excluding hydrogens is 324 g/mol. The Morgan fingerprint density at radius 1 is 1.20 bits per heavy atom. The van der Waals surface area contributed by atoms with Gasteiger partial charge in [-0.25, -0.2) is 0 Å². The molecule has 2 aromatic rings. The van der Waals surface area contributed by atoms with Crippen LogP contribution in [0.1, 0.15) is 33.0 Å². The van der Waals surface area contributed by atoms with E-state index in [0.29, 0.717) is 24.5 Å². The van der Waals surface area contributed by atoms with E-state index in [1.54, 1.807) is 11.4 Å². The molecule has 9 heteroatoms. The summed E-state index contributed by atoms with van der Waals surface area (Å²) in [7, 11) is 0. The Kier molecular flexibility index (Phi) is 6.67. The van der Waals surface area contributed by atoms with Gasteiger partial charge in [-0.15, -0.1) is 15.3 Å². The summed E-state index contributed by atoms with van der Waals surface area (Å²) in [6.45, 7) is 7.71. The van der Waals surface area contributed by atoms with E-state index >= 15 is 0 Å². The minimum Gasteiger partial charge on any atom is -0.465 e. The second kappa shape index (κ2) is 8.95. The number of nitrogens with zero attached hydrogens (tertiary/aromatic N) is 5. The molecular formula is C16H24N6O3. The van der Waals surface area contributed by atoms with Crippen molar-refractivity contribution in [1.82, 2.24) is 25.1 Å². The van der Waals surface area contributed by atoms with Crippen molar-refractivity contribution in [3.8, 4) is 0 Å². The number of esters is 1. The van der Waals surface area contributed by atoms with Gasteiger partial charge in [0.05, 0.1) is 6.61 Å². The smallest absolute Gasteiger partial charge is 0.325 e. The monoisotopic (exact) mass is 348 g/mol. The van der Waals surface area contributed by atoms with Gasteiger partial charge in [0.2, 0.25) is 5.91 Å². The second-order valence-corrected chi connectivity index (χ2v) is 5.33. The van der Waals surface area contributed by atoms with E-state index in [2.05, 4.69) is 39.4 Å². The number of fused-ring (bicyclic) bond motifs is 1. The van der Waals surface area contributed by atoms with Gasteiger partial charge in [-0.05, 0) is 32.9 Å². The first-order valence-corrected chi connectivity index (χ1v) is 8.47. The molecule has 2 heterocycles. The average molecular weight is 348 g/mol. The molecule has 0 aliphatic rings. The van der Waals surface area contributed by atoms with Crippen molar-refractivity contribution in [2.24, 2.45) is 0 Å². The summed E-state index contributed by atoms with van der Waals surface area (Å²) in [5.74, 6) is 0.750. The van der Waals surface area contributed by atoms with E-state index < -0.39 is 5.97 Å². The molecule has 0 fully saturated rings. The Bertz CT molecular complexity index is 726. The number of ether oxygens (including phenoxy) is 1. The van der Waals surface area contributed by atoms with Crippen LogP contribution in [0, 0.1) is 0 Å². The summed E-state index contributed by atoms with van der Waals surface area (Å²) < 4.78 is 6.42. The Balaban J connectivity index is 2.00. The van der Waals surface area contributed by atoms with E-state index in [0.717, 1.165) is 18.9 Å². The van der Waals surface area contributed by atoms with E-state index in [1.807, 2.05) is 12.1 Å². The molecule has 9 nitrogen and oxygen atoms in total. The number of carbonyl (C=O) groups is 2. The summed E-state index contributed by atoms with van der Waals surface area (Å²) in [5.41, 5.74) is 0.637. The number of rotatable bonds is 9. The average Bonchev–Trinajstić information content (AvgIpc) is 3.02. The van der Waals surface area contributed by atoms with Crippen molar-refractivity contribution in [2.45, 2.75) is 33.6 Å². The molecule has 0 unspecified atom stereocenters. The van der Waals surface area contributed by atoms with Crippen LogP contribution in [-0.4, -0.2) is 57.9 Å². The Morgan fingerprint density at radius 3 is 2.64 bits per heavy atom. The van der Waals surface area contributed by atoms with Crippen molar-refractivity contribution >= 4 is 23.3 Å². The number of nitrogens with one attached hydrogen (secondary N) is 1. The zero-order chi connectivity index (χ0) is 18.2. The first kappa shape index (κ1) is 18.6. The highest BCUT2D eigenvalue weighted by Gasteiger charge is 2.12. The van der Waals surface area contributed by atoms with E-state index in [9.17, 15) is 9.59 Å². The predicted molar refractivity (Wildman–Crippen MR) is 92.3 cm³/mol. The summed E-state index contributed by atoms with van der Waals surface area (Å²) in [6.07, 6.45) is 0.571. The number of amides is 1. The van der Waals surface area contributed by atoms with Crippen molar-refractivity contribution in [1.29, 1.82) is 0 Å². The van der Waals surface area contributed by atoms with Crippen LogP contribution in [0.4, 0.5) is 5.82 Å². The number of aromatic nitrogens is 4. The number of anilines is 1. The second-order valence-electron chi connectivity index (χ2n) is 5.33. The van der Waals surface area contributed by atoms with Gasteiger partial charge in [0.25, 0.3) is 0 Å². The molecule has 2 rings (SSSR count). The minimum absolute atomic E-state index is 0.127. The molecule has 0 aromatic carbocycles. The number of hydrogen-bond acceptors (Lipinski definition) is 7. The molecule has 0 spiro atoms. The van der Waals surface area contributed by atoms with E-state index in [1.165, 1.54) is 0 Å². The fourth-order valence-corrected chi connectivity index (χ4v) is 2.39. The third kappa shape index (κ3) is 4.88. The molecule has 2 aromatic heterocycles. The molecule has 1 amide bonds. The minimum atomic E-state index is -0.450. The lowest BCUT2D eigenvalue weighted by atomic mass is 10.3. The van der Waals surface area contributed by atoms with Gasteiger partial charge in [-0.2, -0.15) is 4.52 Å². The van der Waals surface area contributed by atoms with Gasteiger partial charge in [0, 0.05) is 25.9 Å². The fraction of sp³-hybridized carbons (Fsp3) is 0.562. The first-order valence-electron chi connectivity index (χ1n) is 8.47. The lowest BCUT2D eigenvalue weighted by Crippen LogP contribution is -2.30. The Labute approximate surface area is 146 Å². The maximum Gasteiger partial charge on any atom is 0.325 e. The molecule has 0 saturated carbocycles. The molecule has 0 aliphatic carbocycles. The topological polar surface area (TPSA) is 102 Å². The highest BCUT2D eigenvalue weighted by atomic mass is 16.5. The molecule has 136 valence electrons. The van der Waals surface area contributed by atoms with Crippen molar-refractivity contribution in [3.63, 3.8) is 0 Å². The third-order valence-electron chi connectivity index (χ3n) is 3.71. The maximum atomic E-state index is 11.8. The van der Waals surface area contributed by atoms with Gasteiger partial charge in [-0.3, -0.25) is 9.59 Å². The standard InChI is InChI=1S/C16H24N6O3/c1-4-21(5-2)14-8-7-12-18-19-13(22(12)20-14)9-10-15(23)17-11-16(24)25-6-3/h7-8H,4-6,9-11H2,1-3H3,(H,17,23). The molecule has 0 radical (unpaired) electrons. The van der Waals surface area contributed by atoms with Crippen molar-refractivity contribution < 1.29 is 14.3 Å². The number of hydrogen-bond donors (Lipinski definition) is 1. The van der Waals surface area contributed by atoms with Crippen LogP contribution < -0.4 is 10.2 Å². The van der Waals surface area contributed by atoms with E-state index in [-0.39, 0.29) is 18.9 Å². The van der Waals surface area contributed by atoms with Gasteiger partial charge in [0.15, 0.2) is 11.5 Å². The Morgan fingerprint density at radius 2 is 1.96 bits per heavy atom. The highest BCUT2D eigenvalue weighted by Crippen LogP contribution is 2.12. The predicted octanol–water partition coefficient (Wildman–Crippen LogP) is 0.582. The quantitative estimate of drug-likeness (QED) is 0.661. The number of aryl methyl sites for hydroxylation is 1. The van der Waals surface area contributed by atoms with Gasteiger partial charge >= 0.3 is 5.97 Å². The van der Waals surface area contributed by atoms with Gasteiger partial charge in [0.1, 0.15) is 12.4 Å². The van der Waals surface area contributed by atoms with Gasteiger partial charge < -0.3 is 15.0 Å². The molecule has 1 N–H and O–H groups in total. The molecule has 0 bridgehead atoms. The fourth-order valence-electron chi connectivity index (χ4n) is 2.39. The van der Waals surface area contributed by atoms with Crippen LogP contribution in [-0.2, 0) is 20.7 Å². The molecule has 0 atom stereocenters. The summed E-state index contributed by atoms with van der Waals surface area (Å²) in [5, 5.41) is 15.3. The largest absolute Gasteiger partial charge is 0.465 e. The molecule has 25 heavy (non-hydrogen) atoms. The van der Waals surface area contributed by atoms with E-state index in [4.69, 9.17) is 4.74 Å². The van der Waals surface area contributed by atoms with Crippen LogP contribution in [0.5, 0.6) is 0 Å². The first-order chi connectivity index (χ1) is 12.1. The molecule has 0 aliphatic heterocycles. The highest BCUT2D eigenvalue weighted by molar-refractivity contribution is 5.81.